The summed E-state index contributed by atoms with van der Waals surface area (Å²) in [7, 11) is 2.78. The van der Waals surface area contributed by atoms with Crippen LogP contribution >= 0.6 is 24.0 Å². The van der Waals surface area contributed by atoms with Gasteiger partial charge in [-0.15, -0.1) is 24.0 Å². The number of nitrogens with one attached hydrogen (secondary N) is 2. The third-order valence-corrected chi connectivity index (χ3v) is 6.45. The highest BCUT2D eigenvalue weighted by Crippen LogP contribution is 2.23. The Morgan fingerprint density at radius 1 is 1.31 bits per heavy atom. The number of benzene rings is 1. The normalized spacial score (nSPS) is 21.4. The van der Waals surface area contributed by atoms with Crippen LogP contribution in [0.15, 0.2) is 29.3 Å². The number of aliphatic imine (C=N–C) groups is 1. The largest absolute Gasteiger partial charge is 0.497 e. The number of methoxy groups -OCH3 is 1. The van der Waals surface area contributed by atoms with Crippen LogP contribution < -0.4 is 15.4 Å². The third-order valence-electron chi connectivity index (χ3n) is 4.71. The third kappa shape index (κ3) is 7.42. The Kier molecular flexibility index (Phi) is 11.2. The van der Waals surface area contributed by atoms with E-state index in [9.17, 15) is 4.21 Å². The number of nitrogens with zero attached hydrogens (tertiary/aromatic N) is 1. The van der Waals surface area contributed by atoms with Gasteiger partial charge in [0.1, 0.15) is 5.75 Å². The Hall–Kier alpha value is -0.830. The van der Waals surface area contributed by atoms with Crippen LogP contribution in [0.1, 0.15) is 38.2 Å². The van der Waals surface area contributed by atoms with E-state index in [4.69, 9.17) is 4.74 Å². The molecule has 1 saturated carbocycles. The van der Waals surface area contributed by atoms with E-state index in [0.717, 1.165) is 56.1 Å². The van der Waals surface area contributed by atoms with Crippen molar-refractivity contribution >= 4 is 40.7 Å². The van der Waals surface area contributed by atoms with E-state index in [0.29, 0.717) is 11.3 Å². The van der Waals surface area contributed by atoms with E-state index in [1.165, 1.54) is 5.56 Å². The Bertz CT molecular complexity index is 581. The van der Waals surface area contributed by atoms with Gasteiger partial charge in [-0.05, 0) is 43.4 Å². The standard InChI is InChI=1S/C19H31N3O2S.HI/c1-4-25(23)18-7-5-6-16(14-18)22-19(20-2)21-13-12-15-8-10-17(24-3)11-9-15;/h8-11,16,18H,4-7,12-14H2,1-3H3,(H2,20,21,22);1H. The van der Waals surface area contributed by atoms with Crippen LogP contribution in [0.3, 0.4) is 0 Å². The van der Waals surface area contributed by atoms with Crippen molar-refractivity contribution in [2.45, 2.75) is 50.3 Å². The van der Waals surface area contributed by atoms with Crippen molar-refractivity contribution < 1.29 is 8.95 Å². The molecule has 0 heterocycles. The highest BCUT2D eigenvalue weighted by molar-refractivity contribution is 14.0. The molecular weight excluding hydrogens is 461 g/mol. The summed E-state index contributed by atoms with van der Waals surface area (Å²) in [5.41, 5.74) is 1.26. The van der Waals surface area contributed by atoms with Crippen LogP contribution in [0.4, 0.5) is 0 Å². The van der Waals surface area contributed by atoms with Gasteiger partial charge in [0.2, 0.25) is 0 Å². The zero-order valence-electron chi connectivity index (χ0n) is 16.0. The van der Waals surface area contributed by atoms with Crippen LogP contribution in [-0.4, -0.2) is 47.9 Å². The van der Waals surface area contributed by atoms with E-state index in [-0.39, 0.29) is 24.0 Å². The predicted molar refractivity (Wildman–Crippen MR) is 121 cm³/mol. The summed E-state index contributed by atoms with van der Waals surface area (Å²) in [5.74, 6) is 2.47. The van der Waals surface area contributed by atoms with Gasteiger partial charge in [0.15, 0.2) is 5.96 Å². The summed E-state index contributed by atoms with van der Waals surface area (Å²) in [6, 6.07) is 8.50. The summed E-state index contributed by atoms with van der Waals surface area (Å²) in [6.07, 6.45) is 5.24. The second kappa shape index (κ2) is 12.5. The molecule has 0 amide bonds. The Balaban J connectivity index is 0.00000338. The van der Waals surface area contributed by atoms with Gasteiger partial charge >= 0.3 is 0 Å². The topological polar surface area (TPSA) is 62.7 Å². The van der Waals surface area contributed by atoms with Crippen LogP contribution in [0, 0.1) is 0 Å². The zero-order valence-corrected chi connectivity index (χ0v) is 19.1. The lowest BCUT2D eigenvalue weighted by Crippen LogP contribution is -2.47. The molecule has 0 saturated heterocycles. The lowest BCUT2D eigenvalue weighted by molar-refractivity contribution is 0.413. The first-order valence-corrected chi connectivity index (χ1v) is 10.5. The summed E-state index contributed by atoms with van der Waals surface area (Å²) in [4.78, 5) is 4.33. The van der Waals surface area contributed by atoms with E-state index >= 15 is 0 Å². The molecule has 0 bridgehead atoms. The number of halogens is 1. The van der Waals surface area contributed by atoms with Crippen molar-refractivity contribution in [1.82, 2.24) is 10.6 Å². The van der Waals surface area contributed by atoms with E-state index in [2.05, 4.69) is 27.8 Å². The number of hydrogen-bond donors (Lipinski definition) is 2. The molecule has 3 unspecified atom stereocenters. The Labute approximate surface area is 177 Å². The highest BCUT2D eigenvalue weighted by atomic mass is 127. The maximum Gasteiger partial charge on any atom is 0.191 e. The molecule has 2 rings (SSSR count). The van der Waals surface area contributed by atoms with Crippen LogP contribution in [0.25, 0.3) is 0 Å². The van der Waals surface area contributed by atoms with Crippen molar-refractivity contribution in [3.63, 3.8) is 0 Å². The van der Waals surface area contributed by atoms with Gasteiger partial charge in [-0.3, -0.25) is 9.20 Å². The van der Waals surface area contributed by atoms with E-state index < -0.39 is 10.8 Å². The molecule has 1 aliphatic carbocycles. The molecule has 0 aliphatic heterocycles. The summed E-state index contributed by atoms with van der Waals surface area (Å²) in [6.45, 7) is 2.83. The molecule has 0 radical (unpaired) electrons. The number of ether oxygens (including phenoxy) is 1. The van der Waals surface area contributed by atoms with Crippen LogP contribution in [0.5, 0.6) is 5.75 Å². The lowest BCUT2D eigenvalue weighted by atomic mass is 9.95. The Morgan fingerprint density at radius 3 is 2.65 bits per heavy atom. The average molecular weight is 493 g/mol. The van der Waals surface area contributed by atoms with Crippen molar-refractivity contribution in [2.75, 3.05) is 26.5 Å². The molecular formula is C19H32IN3O2S. The summed E-state index contributed by atoms with van der Waals surface area (Å²) in [5, 5.41) is 7.21. The van der Waals surface area contributed by atoms with Gasteiger partial charge in [0, 0.05) is 41.4 Å². The summed E-state index contributed by atoms with van der Waals surface area (Å²) < 4.78 is 17.3. The molecule has 1 aliphatic rings. The van der Waals surface area contributed by atoms with Gasteiger partial charge in [-0.2, -0.15) is 0 Å². The van der Waals surface area contributed by atoms with Crippen molar-refractivity contribution in [1.29, 1.82) is 0 Å². The van der Waals surface area contributed by atoms with Crippen molar-refractivity contribution in [3.8, 4) is 5.75 Å². The average Bonchev–Trinajstić information content (AvgIpc) is 2.67. The molecule has 0 aromatic heterocycles. The second-order valence-corrected chi connectivity index (χ2v) is 8.40. The lowest BCUT2D eigenvalue weighted by Gasteiger charge is -2.30. The highest BCUT2D eigenvalue weighted by Gasteiger charge is 2.25. The smallest absolute Gasteiger partial charge is 0.191 e. The van der Waals surface area contributed by atoms with Gasteiger partial charge in [0.25, 0.3) is 0 Å². The quantitative estimate of drug-likeness (QED) is 0.348. The number of hydrogen-bond acceptors (Lipinski definition) is 3. The molecule has 0 spiro atoms. The van der Waals surface area contributed by atoms with Gasteiger partial charge in [-0.1, -0.05) is 25.5 Å². The second-order valence-electron chi connectivity index (χ2n) is 6.40. The van der Waals surface area contributed by atoms with Gasteiger partial charge in [0.05, 0.1) is 7.11 Å². The molecule has 148 valence electrons. The molecule has 7 heteroatoms. The molecule has 1 aromatic rings. The maximum absolute atomic E-state index is 12.1. The van der Waals surface area contributed by atoms with E-state index in [1.54, 1.807) is 14.2 Å². The minimum absolute atomic E-state index is 0. The number of guanidine groups is 1. The van der Waals surface area contributed by atoms with E-state index in [1.807, 2.05) is 19.1 Å². The minimum Gasteiger partial charge on any atom is -0.497 e. The maximum atomic E-state index is 12.1. The van der Waals surface area contributed by atoms with Gasteiger partial charge in [-0.25, -0.2) is 0 Å². The molecule has 3 atom stereocenters. The van der Waals surface area contributed by atoms with Crippen molar-refractivity contribution in [2.24, 2.45) is 4.99 Å². The minimum atomic E-state index is -0.695. The number of rotatable bonds is 7. The predicted octanol–water partition coefficient (Wildman–Crippen LogP) is 3.10. The van der Waals surface area contributed by atoms with Crippen LogP contribution in [-0.2, 0) is 17.2 Å². The Morgan fingerprint density at radius 2 is 2.04 bits per heavy atom. The van der Waals surface area contributed by atoms with Crippen molar-refractivity contribution in [3.05, 3.63) is 29.8 Å². The molecule has 1 aromatic carbocycles. The molecule has 5 nitrogen and oxygen atoms in total. The zero-order chi connectivity index (χ0) is 18.1. The summed E-state index contributed by atoms with van der Waals surface area (Å²) >= 11 is 0. The first kappa shape index (κ1) is 23.2. The SMILES string of the molecule is CCS(=O)C1CCCC(NC(=NC)NCCc2ccc(OC)cc2)C1.I. The fourth-order valence-corrected chi connectivity index (χ4v) is 4.60. The monoisotopic (exact) mass is 493 g/mol. The van der Waals surface area contributed by atoms with Crippen LogP contribution in [0.2, 0.25) is 0 Å². The molecule has 26 heavy (non-hydrogen) atoms. The first-order valence-electron chi connectivity index (χ1n) is 9.13. The van der Waals surface area contributed by atoms with Gasteiger partial charge < -0.3 is 15.4 Å². The molecule has 1 fully saturated rings. The first-order chi connectivity index (χ1) is 12.2. The molecule has 2 N–H and O–H groups in total. The fourth-order valence-electron chi connectivity index (χ4n) is 3.26. The fraction of sp³-hybridized carbons (Fsp3) is 0.632.